The van der Waals surface area contributed by atoms with Crippen LogP contribution in [0.3, 0.4) is 0 Å². The van der Waals surface area contributed by atoms with Crippen LogP contribution < -0.4 is 5.32 Å². The SMILES string of the molecule is Cc1cc(NCCCCO)n2ncnc2n1. The number of aromatic nitrogens is 4. The van der Waals surface area contributed by atoms with E-state index in [-0.39, 0.29) is 6.61 Å². The lowest BCUT2D eigenvalue weighted by molar-refractivity contribution is 0.286. The number of fused-ring (bicyclic) bond motifs is 1. The van der Waals surface area contributed by atoms with Gasteiger partial charge in [0.2, 0.25) is 0 Å². The second-order valence-corrected chi connectivity index (χ2v) is 3.61. The lowest BCUT2D eigenvalue weighted by atomic mass is 10.3. The first kappa shape index (κ1) is 10.8. The molecule has 0 aliphatic carbocycles. The minimum Gasteiger partial charge on any atom is -0.396 e. The minimum absolute atomic E-state index is 0.232. The van der Waals surface area contributed by atoms with E-state index >= 15 is 0 Å². The molecule has 0 aliphatic rings. The zero-order valence-corrected chi connectivity index (χ0v) is 9.22. The Morgan fingerprint density at radius 3 is 3.12 bits per heavy atom. The monoisotopic (exact) mass is 221 g/mol. The number of nitrogens with zero attached hydrogens (tertiary/aromatic N) is 4. The van der Waals surface area contributed by atoms with E-state index in [1.54, 1.807) is 4.52 Å². The molecule has 6 nitrogen and oxygen atoms in total. The van der Waals surface area contributed by atoms with Crippen molar-refractivity contribution in [3.05, 3.63) is 18.1 Å². The van der Waals surface area contributed by atoms with Crippen molar-refractivity contribution < 1.29 is 5.11 Å². The lowest BCUT2D eigenvalue weighted by Gasteiger charge is -2.07. The summed E-state index contributed by atoms with van der Waals surface area (Å²) in [5.74, 6) is 1.49. The van der Waals surface area contributed by atoms with Crippen LogP contribution in [0.5, 0.6) is 0 Å². The number of hydrogen-bond acceptors (Lipinski definition) is 5. The van der Waals surface area contributed by atoms with Crippen molar-refractivity contribution in [2.75, 3.05) is 18.5 Å². The molecule has 0 saturated heterocycles. The molecule has 0 amide bonds. The third kappa shape index (κ3) is 2.27. The standard InChI is InChI=1S/C10H15N5O/c1-8-6-9(11-4-2-3-5-16)15-10(14-8)12-7-13-15/h6-7,11,16H,2-5H2,1H3. The molecule has 16 heavy (non-hydrogen) atoms. The maximum absolute atomic E-state index is 8.68. The highest BCUT2D eigenvalue weighted by atomic mass is 16.2. The van der Waals surface area contributed by atoms with Crippen molar-refractivity contribution in [1.82, 2.24) is 19.6 Å². The minimum atomic E-state index is 0.232. The van der Waals surface area contributed by atoms with Gasteiger partial charge in [-0.05, 0) is 19.8 Å². The average Bonchev–Trinajstić information content (AvgIpc) is 2.72. The zero-order chi connectivity index (χ0) is 11.4. The molecule has 0 aliphatic heterocycles. The van der Waals surface area contributed by atoms with Crippen LogP contribution in [0.25, 0.3) is 5.78 Å². The molecule has 86 valence electrons. The second-order valence-electron chi connectivity index (χ2n) is 3.61. The lowest BCUT2D eigenvalue weighted by Crippen LogP contribution is -2.08. The smallest absolute Gasteiger partial charge is 0.254 e. The molecule has 0 atom stereocenters. The van der Waals surface area contributed by atoms with Crippen molar-refractivity contribution in [3.8, 4) is 0 Å². The van der Waals surface area contributed by atoms with Crippen molar-refractivity contribution >= 4 is 11.6 Å². The van der Waals surface area contributed by atoms with Gasteiger partial charge < -0.3 is 10.4 Å². The number of rotatable bonds is 5. The van der Waals surface area contributed by atoms with E-state index in [9.17, 15) is 0 Å². The molecule has 0 unspecified atom stereocenters. The van der Waals surface area contributed by atoms with Gasteiger partial charge in [-0.3, -0.25) is 0 Å². The van der Waals surface area contributed by atoms with Crippen molar-refractivity contribution in [3.63, 3.8) is 0 Å². The number of nitrogens with one attached hydrogen (secondary N) is 1. The van der Waals surface area contributed by atoms with Gasteiger partial charge in [0.05, 0.1) is 0 Å². The van der Waals surface area contributed by atoms with E-state index in [2.05, 4.69) is 20.4 Å². The fraction of sp³-hybridized carbons (Fsp3) is 0.500. The van der Waals surface area contributed by atoms with E-state index in [0.717, 1.165) is 30.9 Å². The summed E-state index contributed by atoms with van der Waals surface area (Å²) in [5, 5.41) is 16.0. The van der Waals surface area contributed by atoms with Crippen LogP contribution >= 0.6 is 0 Å². The van der Waals surface area contributed by atoms with E-state index in [1.165, 1.54) is 6.33 Å². The predicted octanol–water partition coefficient (Wildman–Crippen LogP) is 0.617. The zero-order valence-electron chi connectivity index (χ0n) is 9.22. The van der Waals surface area contributed by atoms with Gasteiger partial charge >= 0.3 is 0 Å². The van der Waals surface area contributed by atoms with Gasteiger partial charge in [-0.1, -0.05) is 0 Å². The Labute approximate surface area is 93.3 Å². The number of aliphatic hydroxyl groups excluding tert-OH is 1. The molecule has 0 saturated carbocycles. The van der Waals surface area contributed by atoms with Crippen LogP contribution in [-0.4, -0.2) is 37.8 Å². The summed E-state index contributed by atoms with van der Waals surface area (Å²) in [4.78, 5) is 8.30. The van der Waals surface area contributed by atoms with Crippen LogP contribution in [0.4, 0.5) is 5.82 Å². The molecule has 2 N–H and O–H groups in total. The normalized spacial score (nSPS) is 10.9. The summed E-state index contributed by atoms with van der Waals surface area (Å²) in [6.45, 7) is 2.96. The molecular formula is C10H15N5O. The Bertz CT molecular complexity index is 467. The topological polar surface area (TPSA) is 75.3 Å². The van der Waals surface area contributed by atoms with E-state index in [4.69, 9.17) is 5.11 Å². The fourth-order valence-corrected chi connectivity index (χ4v) is 1.51. The van der Waals surface area contributed by atoms with Gasteiger partial charge in [-0.25, -0.2) is 4.98 Å². The summed E-state index contributed by atoms with van der Waals surface area (Å²) >= 11 is 0. The van der Waals surface area contributed by atoms with Crippen LogP contribution in [-0.2, 0) is 0 Å². The highest BCUT2D eigenvalue weighted by molar-refractivity contribution is 5.44. The van der Waals surface area contributed by atoms with Crippen LogP contribution in [0, 0.1) is 6.92 Å². The number of anilines is 1. The Hall–Kier alpha value is -1.69. The molecule has 0 fully saturated rings. The number of aryl methyl sites for hydroxylation is 1. The summed E-state index contributed by atoms with van der Waals surface area (Å²) in [7, 11) is 0. The second kappa shape index (κ2) is 4.89. The van der Waals surface area contributed by atoms with Gasteiger partial charge in [0.15, 0.2) is 0 Å². The number of aliphatic hydroxyl groups is 1. The van der Waals surface area contributed by atoms with Crippen molar-refractivity contribution in [2.45, 2.75) is 19.8 Å². The summed E-state index contributed by atoms with van der Waals surface area (Å²) in [5.41, 5.74) is 0.908. The molecule has 2 aromatic rings. The van der Waals surface area contributed by atoms with Gasteiger partial charge in [-0.2, -0.15) is 14.6 Å². The van der Waals surface area contributed by atoms with E-state index in [0.29, 0.717) is 5.78 Å². The molecule has 0 radical (unpaired) electrons. The Kier molecular flexibility index (Phi) is 3.31. The van der Waals surface area contributed by atoms with Crippen LogP contribution in [0.15, 0.2) is 12.4 Å². The number of hydrogen-bond donors (Lipinski definition) is 2. The molecule has 0 spiro atoms. The molecule has 6 heteroatoms. The quantitative estimate of drug-likeness (QED) is 0.724. The highest BCUT2D eigenvalue weighted by Gasteiger charge is 2.04. The van der Waals surface area contributed by atoms with Gasteiger partial charge in [0, 0.05) is 24.9 Å². The van der Waals surface area contributed by atoms with Crippen LogP contribution in [0.1, 0.15) is 18.5 Å². The first-order valence-electron chi connectivity index (χ1n) is 5.33. The Morgan fingerprint density at radius 2 is 2.31 bits per heavy atom. The molecule has 0 bridgehead atoms. The highest BCUT2D eigenvalue weighted by Crippen LogP contribution is 2.09. The van der Waals surface area contributed by atoms with Crippen molar-refractivity contribution in [1.29, 1.82) is 0 Å². The Balaban J connectivity index is 2.12. The fourth-order valence-electron chi connectivity index (χ4n) is 1.51. The molecular weight excluding hydrogens is 206 g/mol. The molecule has 2 aromatic heterocycles. The Morgan fingerprint density at radius 1 is 1.44 bits per heavy atom. The third-order valence-electron chi connectivity index (χ3n) is 2.27. The average molecular weight is 221 g/mol. The van der Waals surface area contributed by atoms with Gasteiger partial charge in [-0.15, -0.1) is 0 Å². The third-order valence-corrected chi connectivity index (χ3v) is 2.27. The maximum atomic E-state index is 8.68. The summed E-state index contributed by atoms with van der Waals surface area (Å²) < 4.78 is 1.67. The van der Waals surface area contributed by atoms with Crippen molar-refractivity contribution in [2.24, 2.45) is 0 Å². The van der Waals surface area contributed by atoms with Crippen LogP contribution in [0.2, 0.25) is 0 Å². The molecule has 0 aromatic carbocycles. The predicted molar refractivity (Wildman–Crippen MR) is 60.3 cm³/mol. The van der Waals surface area contributed by atoms with E-state index in [1.807, 2.05) is 13.0 Å². The van der Waals surface area contributed by atoms with E-state index < -0.39 is 0 Å². The molecule has 2 rings (SSSR count). The summed E-state index contributed by atoms with van der Waals surface area (Å²) in [6.07, 6.45) is 3.21. The summed E-state index contributed by atoms with van der Waals surface area (Å²) in [6, 6.07) is 1.93. The molecule has 2 heterocycles. The van der Waals surface area contributed by atoms with Gasteiger partial charge in [0.25, 0.3) is 5.78 Å². The first-order chi connectivity index (χ1) is 7.81. The largest absolute Gasteiger partial charge is 0.396 e. The maximum Gasteiger partial charge on any atom is 0.254 e. The first-order valence-corrected chi connectivity index (χ1v) is 5.33. The number of unbranched alkanes of at least 4 members (excludes halogenated alkanes) is 1. The van der Waals surface area contributed by atoms with Gasteiger partial charge in [0.1, 0.15) is 12.1 Å².